The van der Waals surface area contributed by atoms with Gasteiger partial charge in [0.05, 0.1) is 0 Å². The average molecular weight is 374 g/mol. The van der Waals surface area contributed by atoms with Crippen LogP contribution in [0, 0.1) is 17.8 Å². The quantitative estimate of drug-likeness (QED) is 0.606. The third-order valence-electron chi connectivity index (χ3n) is 7.36. The van der Waals surface area contributed by atoms with Gasteiger partial charge in [0, 0.05) is 7.05 Å². The molecule has 2 aliphatic carbocycles. The van der Waals surface area contributed by atoms with Crippen LogP contribution >= 0.6 is 0 Å². The number of carbonyl (C=O) groups is 1. The van der Waals surface area contributed by atoms with Crippen LogP contribution in [0.4, 0.5) is 0 Å². The molecule has 3 atom stereocenters. The first-order valence-corrected chi connectivity index (χ1v) is 11.3. The van der Waals surface area contributed by atoms with E-state index in [4.69, 9.17) is 10.7 Å². The number of aliphatic imine (C=N–C) groups is 1. The number of nitrogens with zero attached hydrogens (tertiary/aromatic N) is 2. The summed E-state index contributed by atoms with van der Waals surface area (Å²) >= 11 is 0. The molecule has 1 heterocycles. The second-order valence-corrected chi connectivity index (χ2v) is 9.38. The standard InChI is InChI=1S/C23H39N3O/c1-3-4-9-19-12-8-13-20(16-19)17-23(21(27)26(2)22(24)25-23)15-14-18-10-6-5-7-11-18/h3,18-20H,1,4-17H2,2H3,(H2,24,25)/t19-,20?,23+/m0/s1. The maximum absolute atomic E-state index is 13.2. The van der Waals surface area contributed by atoms with Gasteiger partial charge in [0.1, 0.15) is 5.54 Å². The lowest BCUT2D eigenvalue weighted by Crippen LogP contribution is -2.44. The summed E-state index contributed by atoms with van der Waals surface area (Å²) in [6.07, 6.45) is 19.1. The summed E-state index contributed by atoms with van der Waals surface area (Å²) in [6.45, 7) is 3.87. The van der Waals surface area contributed by atoms with Gasteiger partial charge in [0.2, 0.25) is 0 Å². The fourth-order valence-corrected chi connectivity index (χ4v) is 5.76. The summed E-state index contributed by atoms with van der Waals surface area (Å²) in [6, 6.07) is 0. The number of rotatable bonds is 8. The topological polar surface area (TPSA) is 58.7 Å². The lowest BCUT2D eigenvalue weighted by Gasteiger charge is -2.35. The Labute approximate surface area is 165 Å². The molecule has 4 heteroatoms. The fourth-order valence-electron chi connectivity index (χ4n) is 5.76. The molecule has 0 spiro atoms. The Balaban J connectivity index is 1.66. The van der Waals surface area contributed by atoms with E-state index in [-0.39, 0.29) is 5.91 Å². The van der Waals surface area contributed by atoms with Gasteiger partial charge in [-0.3, -0.25) is 9.69 Å². The predicted octanol–water partition coefficient (Wildman–Crippen LogP) is 5.04. The third-order valence-corrected chi connectivity index (χ3v) is 7.36. The van der Waals surface area contributed by atoms with E-state index in [1.54, 1.807) is 11.9 Å². The SMILES string of the molecule is C=CCC[C@H]1CCCC(C[C@@]2(CCC3CCCCC3)N=C(N)N(C)C2=O)C1. The van der Waals surface area contributed by atoms with Crippen molar-refractivity contribution in [1.82, 2.24) is 4.90 Å². The number of likely N-dealkylation sites (N-methyl/N-ethyl adjacent to an activating group) is 1. The number of hydrogen-bond acceptors (Lipinski definition) is 3. The van der Waals surface area contributed by atoms with Crippen molar-refractivity contribution in [1.29, 1.82) is 0 Å². The molecule has 3 rings (SSSR count). The Hall–Kier alpha value is -1.32. The van der Waals surface area contributed by atoms with Gasteiger partial charge in [-0.25, -0.2) is 4.99 Å². The van der Waals surface area contributed by atoms with Crippen molar-refractivity contribution < 1.29 is 4.79 Å². The van der Waals surface area contributed by atoms with Crippen molar-refractivity contribution in [2.75, 3.05) is 7.05 Å². The molecule has 1 unspecified atom stereocenters. The second kappa shape index (κ2) is 9.25. The lowest BCUT2D eigenvalue weighted by atomic mass is 9.72. The maximum Gasteiger partial charge on any atom is 0.257 e. The second-order valence-electron chi connectivity index (χ2n) is 9.38. The molecule has 3 aliphatic rings. The molecule has 1 amide bonds. The first-order valence-electron chi connectivity index (χ1n) is 11.3. The molecular weight excluding hydrogens is 334 g/mol. The molecule has 0 aromatic heterocycles. The van der Waals surface area contributed by atoms with Crippen molar-refractivity contribution in [3.05, 3.63) is 12.7 Å². The first-order chi connectivity index (χ1) is 13.0. The highest BCUT2D eigenvalue weighted by molar-refractivity contribution is 6.06. The lowest BCUT2D eigenvalue weighted by molar-refractivity contribution is -0.131. The van der Waals surface area contributed by atoms with Gasteiger partial charge in [-0.05, 0) is 56.3 Å². The van der Waals surface area contributed by atoms with Crippen LogP contribution in [0.15, 0.2) is 17.6 Å². The summed E-state index contributed by atoms with van der Waals surface area (Å²) in [5.41, 5.74) is 5.51. The van der Waals surface area contributed by atoms with Crippen LogP contribution in [0.2, 0.25) is 0 Å². The molecule has 0 aromatic rings. The van der Waals surface area contributed by atoms with Gasteiger partial charge in [0.15, 0.2) is 5.96 Å². The van der Waals surface area contributed by atoms with Crippen molar-refractivity contribution in [3.8, 4) is 0 Å². The molecule has 2 N–H and O–H groups in total. The zero-order valence-corrected chi connectivity index (χ0v) is 17.3. The van der Waals surface area contributed by atoms with E-state index in [1.165, 1.54) is 64.2 Å². The zero-order chi connectivity index (χ0) is 19.3. The number of guanidine groups is 1. The minimum absolute atomic E-state index is 0.143. The van der Waals surface area contributed by atoms with Gasteiger partial charge in [-0.15, -0.1) is 6.58 Å². The van der Waals surface area contributed by atoms with Crippen molar-refractivity contribution in [2.24, 2.45) is 28.5 Å². The molecule has 2 saturated carbocycles. The molecule has 1 aliphatic heterocycles. The van der Waals surface area contributed by atoms with Crippen LogP contribution in [-0.2, 0) is 4.79 Å². The zero-order valence-electron chi connectivity index (χ0n) is 17.3. The summed E-state index contributed by atoms with van der Waals surface area (Å²) in [4.78, 5) is 19.6. The molecular formula is C23H39N3O. The molecule has 4 nitrogen and oxygen atoms in total. The Morgan fingerprint density at radius 3 is 2.48 bits per heavy atom. The largest absolute Gasteiger partial charge is 0.369 e. The summed E-state index contributed by atoms with van der Waals surface area (Å²) in [5.74, 6) is 2.73. The maximum atomic E-state index is 13.2. The van der Waals surface area contributed by atoms with Gasteiger partial charge in [0.25, 0.3) is 5.91 Å². The summed E-state index contributed by atoms with van der Waals surface area (Å²) < 4.78 is 0. The molecule has 0 aromatic carbocycles. The van der Waals surface area contributed by atoms with E-state index in [0.717, 1.165) is 37.5 Å². The molecule has 0 saturated heterocycles. The highest BCUT2D eigenvalue weighted by Crippen LogP contribution is 2.42. The monoisotopic (exact) mass is 373 g/mol. The van der Waals surface area contributed by atoms with Crippen molar-refractivity contribution >= 4 is 11.9 Å². The van der Waals surface area contributed by atoms with Gasteiger partial charge in [-0.2, -0.15) is 0 Å². The number of nitrogens with two attached hydrogens (primary N) is 1. The summed E-state index contributed by atoms with van der Waals surface area (Å²) in [5, 5.41) is 0. The van der Waals surface area contributed by atoms with E-state index in [2.05, 4.69) is 6.58 Å². The Morgan fingerprint density at radius 2 is 1.81 bits per heavy atom. The van der Waals surface area contributed by atoms with E-state index in [9.17, 15) is 4.79 Å². The molecule has 152 valence electrons. The summed E-state index contributed by atoms with van der Waals surface area (Å²) in [7, 11) is 1.79. The van der Waals surface area contributed by atoms with Crippen molar-refractivity contribution in [3.63, 3.8) is 0 Å². The van der Waals surface area contributed by atoms with Crippen LogP contribution in [0.3, 0.4) is 0 Å². The van der Waals surface area contributed by atoms with Gasteiger partial charge in [-0.1, -0.05) is 57.4 Å². The number of hydrogen-bond donors (Lipinski definition) is 1. The average Bonchev–Trinajstić information content (AvgIpc) is 2.90. The van der Waals surface area contributed by atoms with E-state index in [0.29, 0.717) is 11.9 Å². The normalized spacial score (nSPS) is 32.6. The van der Waals surface area contributed by atoms with E-state index >= 15 is 0 Å². The molecule has 0 radical (unpaired) electrons. The highest BCUT2D eigenvalue weighted by atomic mass is 16.2. The minimum atomic E-state index is -0.582. The first kappa shape index (κ1) is 20.4. The van der Waals surface area contributed by atoms with Crippen LogP contribution in [0.25, 0.3) is 0 Å². The van der Waals surface area contributed by atoms with E-state index < -0.39 is 5.54 Å². The third kappa shape index (κ3) is 4.94. The number of amides is 1. The van der Waals surface area contributed by atoms with Gasteiger partial charge < -0.3 is 5.73 Å². The Kier molecular flexibility index (Phi) is 6.99. The van der Waals surface area contributed by atoms with Crippen molar-refractivity contribution in [2.45, 2.75) is 95.4 Å². The van der Waals surface area contributed by atoms with Crippen LogP contribution in [0.5, 0.6) is 0 Å². The number of carbonyl (C=O) groups excluding carboxylic acids is 1. The highest BCUT2D eigenvalue weighted by Gasteiger charge is 2.47. The van der Waals surface area contributed by atoms with Crippen LogP contribution in [0.1, 0.15) is 89.9 Å². The van der Waals surface area contributed by atoms with Crippen LogP contribution < -0.4 is 5.73 Å². The Bertz CT molecular complexity index is 552. The number of allylic oxidation sites excluding steroid dienone is 1. The molecule has 27 heavy (non-hydrogen) atoms. The van der Waals surface area contributed by atoms with Gasteiger partial charge >= 0.3 is 0 Å². The molecule has 0 bridgehead atoms. The predicted molar refractivity (Wildman–Crippen MR) is 112 cm³/mol. The minimum Gasteiger partial charge on any atom is -0.369 e. The smallest absolute Gasteiger partial charge is 0.257 e. The van der Waals surface area contributed by atoms with E-state index in [1.807, 2.05) is 6.08 Å². The molecule has 2 fully saturated rings. The van der Waals surface area contributed by atoms with Crippen LogP contribution in [-0.4, -0.2) is 29.4 Å². The fraction of sp³-hybridized carbons (Fsp3) is 0.826. The Morgan fingerprint density at radius 1 is 1.11 bits per heavy atom.